The summed E-state index contributed by atoms with van der Waals surface area (Å²) < 4.78 is 0. The molecule has 7 heteroatoms. The van der Waals surface area contributed by atoms with Gasteiger partial charge in [-0.05, 0) is 6.92 Å². The Bertz CT molecular complexity index is 391. The third-order valence-corrected chi connectivity index (χ3v) is 2.90. The second-order valence-corrected chi connectivity index (χ2v) is 4.00. The van der Waals surface area contributed by atoms with Gasteiger partial charge in [-0.25, -0.2) is 9.78 Å². The Balaban J connectivity index is 2.69. The summed E-state index contributed by atoms with van der Waals surface area (Å²) in [6.45, 7) is 1.38. The second kappa shape index (κ2) is 5.57. The van der Waals surface area contributed by atoms with Crippen LogP contribution in [0.25, 0.3) is 0 Å². The Kier molecular flexibility index (Phi) is 4.39. The number of nitrogens with one attached hydrogen (secondary N) is 1. The number of aliphatic hydroxyl groups excluding tert-OH is 1. The van der Waals surface area contributed by atoms with E-state index < -0.39 is 17.9 Å². The fraction of sp³-hybridized carbons (Fsp3) is 0.444. The first-order valence-electron chi connectivity index (χ1n) is 4.61. The zero-order valence-electron chi connectivity index (χ0n) is 8.64. The first-order chi connectivity index (χ1) is 7.56. The molecule has 0 aliphatic rings. The maximum atomic E-state index is 11.6. The van der Waals surface area contributed by atoms with E-state index in [1.54, 1.807) is 6.92 Å². The standard InChI is InChI=1S/C9H12N2O4S/c1-5-7(16-4-10-5)8(13)11-6(2-3-12)9(14)15/h4,6,12H,2-3H2,1H3,(H,11,13)(H,14,15). The summed E-state index contributed by atoms with van der Waals surface area (Å²) in [6, 6.07) is -1.07. The van der Waals surface area contributed by atoms with E-state index in [-0.39, 0.29) is 13.0 Å². The fourth-order valence-corrected chi connectivity index (χ4v) is 1.84. The highest BCUT2D eigenvalue weighted by molar-refractivity contribution is 7.11. The van der Waals surface area contributed by atoms with Gasteiger partial charge >= 0.3 is 5.97 Å². The molecule has 1 amide bonds. The molecule has 1 atom stereocenters. The number of carbonyl (C=O) groups excluding carboxylic acids is 1. The number of aromatic nitrogens is 1. The van der Waals surface area contributed by atoms with Crippen LogP contribution < -0.4 is 5.32 Å². The highest BCUT2D eigenvalue weighted by atomic mass is 32.1. The van der Waals surface area contributed by atoms with Gasteiger partial charge in [0.25, 0.3) is 5.91 Å². The molecule has 0 bridgehead atoms. The van der Waals surface area contributed by atoms with Crippen LogP contribution in [0.2, 0.25) is 0 Å². The monoisotopic (exact) mass is 244 g/mol. The van der Waals surface area contributed by atoms with Crippen LogP contribution in [0, 0.1) is 6.92 Å². The number of rotatable bonds is 5. The summed E-state index contributed by atoms with van der Waals surface area (Å²) in [5.74, 6) is -1.63. The van der Waals surface area contributed by atoms with Crippen LogP contribution >= 0.6 is 11.3 Å². The number of hydrogen-bond donors (Lipinski definition) is 3. The van der Waals surface area contributed by atoms with Crippen LogP contribution in [0.5, 0.6) is 0 Å². The van der Waals surface area contributed by atoms with E-state index in [1.165, 1.54) is 5.51 Å². The molecular weight excluding hydrogens is 232 g/mol. The molecule has 16 heavy (non-hydrogen) atoms. The molecule has 0 aromatic carbocycles. The summed E-state index contributed by atoms with van der Waals surface area (Å²) in [5.41, 5.74) is 2.09. The third-order valence-electron chi connectivity index (χ3n) is 1.97. The topological polar surface area (TPSA) is 99.5 Å². The minimum absolute atomic E-state index is 0.0150. The van der Waals surface area contributed by atoms with Gasteiger partial charge in [0, 0.05) is 13.0 Å². The van der Waals surface area contributed by atoms with Crippen molar-refractivity contribution in [1.82, 2.24) is 10.3 Å². The number of amides is 1. The zero-order valence-corrected chi connectivity index (χ0v) is 9.45. The molecule has 0 fully saturated rings. The Labute approximate surface area is 95.9 Å². The number of aryl methyl sites for hydroxylation is 1. The van der Waals surface area contributed by atoms with Crippen molar-refractivity contribution in [3.8, 4) is 0 Å². The van der Waals surface area contributed by atoms with E-state index in [0.717, 1.165) is 11.3 Å². The maximum absolute atomic E-state index is 11.6. The van der Waals surface area contributed by atoms with Crippen LogP contribution in [0.15, 0.2) is 5.51 Å². The largest absolute Gasteiger partial charge is 0.480 e. The molecule has 1 aromatic rings. The molecule has 1 unspecified atom stereocenters. The molecule has 0 spiro atoms. The number of hydrogen-bond acceptors (Lipinski definition) is 5. The van der Waals surface area contributed by atoms with Crippen LogP contribution in [-0.2, 0) is 4.79 Å². The van der Waals surface area contributed by atoms with Gasteiger partial charge in [-0.15, -0.1) is 11.3 Å². The summed E-state index contributed by atoms with van der Waals surface area (Å²) in [4.78, 5) is 26.7. The molecule has 88 valence electrons. The lowest BCUT2D eigenvalue weighted by molar-refractivity contribution is -0.139. The van der Waals surface area contributed by atoms with E-state index in [9.17, 15) is 9.59 Å². The predicted octanol–water partition coefficient (Wildman–Crippen LogP) is 0.0169. The normalized spacial score (nSPS) is 12.1. The molecular formula is C9H12N2O4S. The molecule has 0 aliphatic heterocycles. The number of carboxylic acids is 1. The van der Waals surface area contributed by atoms with Crippen LogP contribution in [0.1, 0.15) is 21.8 Å². The number of aliphatic carboxylic acids is 1. The summed E-state index contributed by atoms with van der Waals surface area (Å²) in [5, 5.41) is 19.8. The minimum Gasteiger partial charge on any atom is -0.480 e. The van der Waals surface area contributed by atoms with Crippen molar-refractivity contribution < 1.29 is 19.8 Å². The number of carbonyl (C=O) groups is 2. The Hall–Kier alpha value is -1.47. The van der Waals surface area contributed by atoms with Gasteiger partial charge in [0.2, 0.25) is 0 Å². The molecule has 0 saturated heterocycles. The van der Waals surface area contributed by atoms with Gasteiger partial charge in [-0.1, -0.05) is 0 Å². The van der Waals surface area contributed by atoms with Gasteiger partial charge in [-0.3, -0.25) is 4.79 Å². The van der Waals surface area contributed by atoms with E-state index >= 15 is 0 Å². The lowest BCUT2D eigenvalue weighted by Gasteiger charge is -2.12. The van der Waals surface area contributed by atoms with Crippen LogP contribution in [-0.4, -0.2) is 39.7 Å². The molecule has 6 nitrogen and oxygen atoms in total. The van der Waals surface area contributed by atoms with Crippen molar-refractivity contribution in [2.45, 2.75) is 19.4 Å². The van der Waals surface area contributed by atoms with E-state index in [4.69, 9.17) is 10.2 Å². The molecule has 1 rings (SSSR count). The Morgan fingerprint density at radius 1 is 1.62 bits per heavy atom. The van der Waals surface area contributed by atoms with Crippen molar-refractivity contribution >= 4 is 23.2 Å². The maximum Gasteiger partial charge on any atom is 0.326 e. The second-order valence-electron chi connectivity index (χ2n) is 3.14. The van der Waals surface area contributed by atoms with Crippen molar-refractivity contribution in [3.05, 3.63) is 16.1 Å². The van der Waals surface area contributed by atoms with E-state index in [1.807, 2.05) is 0 Å². The van der Waals surface area contributed by atoms with Gasteiger partial charge in [0.05, 0.1) is 11.2 Å². The average Bonchev–Trinajstić information content (AvgIpc) is 2.63. The molecule has 0 saturated carbocycles. The molecule has 3 N–H and O–H groups in total. The highest BCUT2D eigenvalue weighted by Crippen LogP contribution is 2.12. The van der Waals surface area contributed by atoms with Gasteiger partial charge in [0.1, 0.15) is 10.9 Å². The number of thiazole rings is 1. The molecule has 0 aliphatic carbocycles. The van der Waals surface area contributed by atoms with Crippen molar-refractivity contribution in [3.63, 3.8) is 0 Å². The van der Waals surface area contributed by atoms with Crippen molar-refractivity contribution in [2.24, 2.45) is 0 Å². The fourth-order valence-electron chi connectivity index (χ4n) is 1.13. The third kappa shape index (κ3) is 3.01. The SMILES string of the molecule is Cc1ncsc1C(=O)NC(CCO)C(=O)O. The van der Waals surface area contributed by atoms with Gasteiger partial charge in [-0.2, -0.15) is 0 Å². The quantitative estimate of drug-likeness (QED) is 0.678. The molecule has 0 radical (unpaired) electrons. The molecule has 1 heterocycles. The Morgan fingerprint density at radius 2 is 2.31 bits per heavy atom. The minimum atomic E-state index is -1.16. The molecule has 1 aromatic heterocycles. The predicted molar refractivity (Wildman–Crippen MR) is 57.4 cm³/mol. The summed E-state index contributed by atoms with van der Waals surface area (Å²) >= 11 is 1.15. The zero-order chi connectivity index (χ0) is 12.1. The van der Waals surface area contributed by atoms with Crippen LogP contribution in [0.3, 0.4) is 0 Å². The van der Waals surface area contributed by atoms with Crippen molar-refractivity contribution in [1.29, 1.82) is 0 Å². The lowest BCUT2D eigenvalue weighted by Crippen LogP contribution is -2.41. The average molecular weight is 244 g/mol. The van der Waals surface area contributed by atoms with Crippen LogP contribution in [0.4, 0.5) is 0 Å². The van der Waals surface area contributed by atoms with Crippen molar-refractivity contribution in [2.75, 3.05) is 6.61 Å². The van der Waals surface area contributed by atoms with Gasteiger partial charge < -0.3 is 15.5 Å². The smallest absolute Gasteiger partial charge is 0.326 e. The van der Waals surface area contributed by atoms with E-state index in [0.29, 0.717) is 10.6 Å². The highest BCUT2D eigenvalue weighted by Gasteiger charge is 2.21. The summed E-state index contributed by atoms with van der Waals surface area (Å²) in [6.07, 6.45) is -0.0150. The Morgan fingerprint density at radius 3 is 2.75 bits per heavy atom. The number of carboxylic acid groups (broad SMARTS) is 1. The first kappa shape index (κ1) is 12.6. The number of nitrogens with zero attached hydrogens (tertiary/aromatic N) is 1. The van der Waals surface area contributed by atoms with E-state index in [2.05, 4.69) is 10.3 Å². The first-order valence-corrected chi connectivity index (χ1v) is 5.48. The summed E-state index contributed by atoms with van der Waals surface area (Å²) in [7, 11) is 0. The number of aliphatic hydroxyl groups is 1. The van der Waals surface area contributed by atoms with Gasteiger partial charge in [0.15, 0.2) is 0 Å². The lowest BCUT2D eigenvalue weighted by atomic mass is 10.2.